The molecule has 2 heterocycles. The Morgan fingerprint density at radius 1 is 1.12 bits per heavy atom. The van der Waals surface area contributed by atoms with Crippen LogP contribution in [0, 0.1) is 11.7 Å². The molecule has 0 spiro atoms. The summed E-state index contributed by atoms with van der Waals surface area (Å²) >= 11 is 0. The Morgan fingerprint density at radius 3 is 2.75 bits per heavy atom. The van der Waals surface area contributed by atoms with E-state index in [2.05, 4.69) is 15.5 Å². The first kappa shape index (κ1) is 22.5. The molecule has 2 fully saturated rings. The Morgan fingerprint density at radius 2 is 1.97 bits per heavy atom. The molecule has 32 heavy (non-hydrogen) atoms. The van der Waals surface area contributed by atoms with Gasteiger partial charge in [0, 0.05) is 50.0 Å². The molecule has 0 radical (unpaired) electrons. The average molecular weight is 444 g/mol. The minimum atomic E-state index is -0.339. The van der Waals surface area contributed by atoms with Crippen molar-refractivity contribution in [3.63, 3.8) is 0 Å². The number of rotatable bonds is 8. The Bertz CT molecular complexity index is 885. The van der Waals surface area contributed by atoms with E-state index in [1.807, 2.05) is 24.3 Å². The van der Waals surface area contributed by atoms with E-state index >= 15 is 0 Å². The summed E-state index contributed by atoms with van der Waals surface area (Å²) in [5, 5.41) is 5.93. The SMILES string of the molecule is O=C(NCC(C1CCOC1)N1CCOCC1)Nc1cccc(COc2cccc(F)c2)c1. The smallest absolute Gasteiger partial charge is 0.319 e. The lowest BCUT2D eigenvalue weighted by Crippen LogP contribution is -2.52. The average Bonchev–Trinajstić information content (AvgIpc) is 3.34. The molecular weight excluding hydrogens is 413 g/mol. The highest BCUT2D eigenvalue weighted by Gasteiger charge is 2.31. The molecule has 0 aliphatic carbocycles. The van der Waals surface area contributed by atoms with Gasteiger partial charge in [0.25, 0.3) is 0 Å². The van der Waals surface area contributed by atoms with Crippen LogP contribution in [0.3, 0.4) is 0 Å². The van der Waals surface area contributed by atoms with Crippen molar-refractivity contribution in [1.82, 2.24) is 10.2 Å². The van der Waals surface area contributed by atoms with Gasteiger partial charge < -0.3 is 24.8 Å². The van der Waals surface area contributed by atoms with E-state index in [1.54, 1.807) is 12.1 Å². The molecule has 172 valence electrons. The van der Waals surface area contributed by atoms with Crippen molar-refractivity contribution in [3.8, 4) is 5.75 Å². The summed E-state index contributed by atoms with van der Waals surface area (Å²) in [4.78, 5) is 15.0. The first-order valence-corrected chi connectivity index (χ1v) is 11.1. The molecule has 2 aliphatic rings. The maximum absolute atomic E-state index is 13.3. The maximum atomic E-state index is 13.3. The van der Waals surface area contributed by atoms with Gasteiger partial charge in [-0.2, -0.15) is 0 Å². The van der Waals surface area contributed by atoms with Crippen LogP contribution in [0.1, 0.15) is 12.0 Å². The van der Waals surface area contributed by atoms with E-state index in [9.17, 15) is 9.18 Å². The number of amides is 2. The predicted molar refractivity (Wildman–Crippen MR) is 119 cm³/mol. The Balaban J connectivity index is 1.29. The summed E-state index contributed by atoms with van der Waals surface area (Å²) < 4.78 is 30.0. The molecule has 2 saturated heterocycles. The first-order chi connectivity index (χ1) is 15.7. The molecule has 2 unspecified atom stereocenters. The second-order valence-electron chi connectivity index (χ2n) is 8.12. The molecule has 0 bridgehead atoms. The number of carbonyl (C=O) groups excluding carboxylic acids is 1. The second-order valence-corrected chi connectivity index (χ2v) is 8.12. The third-order valence-corrected chi connectivity index (χ3v) is 5.88. The Kier molecular flexibility index (Phi) is 7.92. The number of urea groups is 1. The lowest BCUT2D eigenvalue weighted by atomic mass is 9.97. The normalized spacial score (nSPS) is 20.0. The van der Waals surface area contributed by atoms with Crippen molar-refractivity contribution >= 4 is 11.7 Å². The van der Waals surface area contributed by atoms with Crippen molar-refractivity contribution in [1.29, 1.82) is 0 Å². The van der Waals surface area contributed by atoms with Crippen LogP contribution in [-0.2, 0) is 16.1 Å². The number of hydrogen-bond acceptors (Lipinski definition) is 5. The molecule has 2 atom stereocenters. The molecule has 7 nitrogen and oxygen atoms in total. The summed E-state index contributed by atoms with van der Waals surface area (Å²) in [6, 6.07) is 13.5. The molecule has 2 N–H and O–H groups in total. The molecule has 8 heteroatoms. The van der Waals surface area contributed by atoms with Gasteiger partial charge in [0.2, 0.25) is 0 Å². The molecule has 0 aromatic heterocycles. The second kappa shape index (κ2) is 11.3. The molecule has 4 rings (SSSR count). The topological polar surface area (TPSA) is 72.1 Å². The molecule has 2 aromatic carbocycles. The highest BCUT2D eigenvalue weighted by Crippen LogP contribution is 2.22. The summed E-state index contributed by atoms with van der Waals surface area (Å²) in [6.45, 7) is 5.54. The number of ether oxygens (including phenoxy) is 3. The molecule has 2 aromatic rings. The summed E-state index contributed by atoms with van der Waals surface area (Å²) in [6.07, 6.45) is 1.01. The van der Waals surface area contributed by atoms with E-state index in [0.717, 1.165) is 51.5 Å². The van der Waals surface area contributed by atoms with Crippen molar-refractivity contribution in [2.75, 3.05) is 51.4 Å². The fourth-order valence-electron chi connectivity index (χ4n) is 4.19. The van der Waals surface area contributed by atoms with Crippen molar-refractivity contribution in [3.05, 3.63) is 59.9 Å². The van der Waals surface area contributed by atoms with Gasteiger partial charge in [-0.15, -0.1) is 0 Å². The third kappa shape index (κ3) is 6.41. The zero-order chi connectivity index (χ0) is 22.2. The van der Waals surface area contributed by atoms with Crippen LogP contribution in [0.2, 0.25) is 0 Å². The lowest BCUT2D eigenvalue weighted by molar-refractivity contribution is 0.00222. The van der Waals surface area contributed by atoms with E-state index in [1.165, 1.54) is 12.1 Å². The van der Waals surface area contributed by atoms with Crippen LogP contribution >= 0.6 is 0 Å². The van der Waals surface area contributed by atoms with Gasteiger partial charge in [0.1, 0.15) is 18.2 Å². The summed E-state index contributed by atoms with van der Waals surface area (Å²) in [5.41, 5.74) is 1.55. The summed E-state index contributed by atoms with van der Waals surface area (Å²) in [7, 11) is 0. The van der Waals surface area contributed by atoms with Gasteiger partial charge in [-0.25, -0.2) is 9.18 Å². The van der Waals surface area contributed by atoms with Crippen molar-refractivity contribution < 1.29 is 23.4 Å². The molecule has 2 aliphatic heterocycles. The summed E-state index contributed by atoms with van der Waals surface area (Å²) in [5.74, 6) is 0.539. The van der Waals surface area contributed by atoms with Crippen LogP contribution in [0.15, 0.2) is 48.5 Å². The van der Waals surface area contributed by atoms with Crippen LogP contribution < -0.4 is 15.4 Å². The number of halogens is 1. The number of hydrogen-bond donors (Lipinski definition) is 2. The Hall–Kier alpha value is -2.68. The zero-order valence-corrected chi connectivity index (χ0v) is 18.1. The standard InChI is InChI=1S/C24H30FN3O4/c25-20-4-2-6-22(14-20)32-16-18-3-1-5-21(13-18)27-24(29)26-15-23(19-7-10-31-17-19)28-8-11-30-12-9-28/h1-6,13-14,19,23H,7-12,15-17H2,(H2,26,27,29). The number of benzene rings is 2. The maximum Gasteiger partial charge on any atom is 0.319 e. The number of nitrogens with zero attached hydrogens (tertiary/aromatic N) is 1. The van der Waals surface area contributed by atoms with E-state index in [0.29, 0.717) is 23.9 Å². The lowest BCUT2D eigenvalue weighted by Gasteiger charge is -2.37. The monoisotopic (exact) mass is 443 g/mol. The fourth-order valence-corrected chi connectivity index (χ4v) is 4.19. The largest absolute Gasteiger partial charge is 0.489 e. The van der Waals surface area contributed by atoms with Gasteiger partial charge in [0.05, 0.1) is 19.8 Å². The van der Waals surface area contributed by atoms with Crippen LogP contribution in [0.4, 0.5) is 14.9 Å². The van der Waals surface area contributed by atoms with E-state index in [-0.39, 0.29) is 24.5 Å². The minimum absolute atomic E-state index is 0.234. The van der Waals surface area contributed by atoms with Crippen molar-refractivity contribution in [2.24, 2.45) is 5.92 Å². The highest BCUT2D eigenvalue weighted by atomic mass is 19.1. The fraction of sp³-hybridized carbons (Fsp3) is 0.458. The number of nitrogens with one attached hydrogen (secondary N) is 2. The third-order valence-electron chi connectivity index (χ3n) is 5.88. The first-order valence-electron chi connectivity index (χ1n) is 11.1. The number of morpholine rings is 1. The highest BCUT2D eigenvalue weighted by molar-refractivity contribution is 5.89. The quantitative estimate of drug-likeness (QED) is 0.655. The van der Waals surface area contributed by atoms with Gasteiger partial charge in [0.15, 0.2) is 0 Å². The van der Waals surface area contributed by atoms with Crippen LogP contribution in [0.5, 0.6) is 5.75 Å². The molecule has 2 amide bonds. The minimum Gasteiger partial charge on any atom is -0.489 e. The van der Waals surface area contributed by atoms with Gasteiger partial charge in [-0.3, -0.25) is 4.90 Å². The van der Waals surface area contributed by atoms with Crippen LogP contribution in [-0.4, -0.2) is 63.0 Å². The van der Waals surface area contributed by atoms with E-state index < -0.39 is 0 Å². The van der Waals surface area contributed by atoms with Crippen molar-refractivity contribution in [2.45, 2.75) is 19.1 Å². The van der Waals surface area contributed by atoms with Gasteiger partial charge >= 0.3 is 6.03 Å². The zero-order valence-electron chi connectivity index (χ0n) is 18.1. The number of carbonyl (C=O) groups is 1. The molecule has 0 saturated carbocycles. The van der Waals surface area contributed by atoms with E-state index in [4.69, 9.17) is 14.2 Å². The van der Waals surface area contributed by atoms with Gasteiger partial charge in [-0.1, -0.05) is 18.2 Å². The Labute approximate surface area is 187 Å². The van der Waals surface area contributed by atoms with Crippen LogP contribution in [0.25, 0.3) is 0 Å². The van der Waals surface area contributed by atoms with Gasteiger partial charge in [-0.05, 0) is 36.2 Å². The predicted octanol–water partition coefficient (Wildman–Crippen LogP) is 3.26. The number of anilines is 1. The molecular formula is C24H30FN3O4.